The van der Waals surface area contributed by atoms with Crippen molar-refractivity contribution in [2.45, 2.75) is 10.5 Å². The molecule has 0 aliphatic carbocycles. The van der Waals surface area contributed by atoms with Crippen molar-refractivity contribution in [3.8, 4) is 0 Å². The lowest BCUT2D eigenvalue weighted by Gasteiger charge is -2.37. The third kappa shape index (κ3) is 2.17. The molecule has 2 rings (SSSR count). The average molecular weight is 228 g/mol. The Bertz CT molecular complexity index is 440. The second-order valence-electron chi connectivity index (χ2n) is 3.78. The predicted octanol–water partition coefficient (Wildman–Crippen LogP) is -0.810. The van der Waals surface area contributed by atoms with Gasteiger partial charge in [0, 0.05) is 25.5 Å². The van der Waals surface area contributed by atoms with Crippen molar-refractivity contribution < 1.29 is 13.5 Å². The lowest BCUT2D eigenvalue weighted by atomic mass is 10.0. The van der Waals surface area contributed by atoms with Crippen molar-refractivity contribution >= 4 is 9.84 Å². The molecule has 0 spiro atoms. The third-order valence-electron chi connectivity index (χ3n) is 2.36. The molecule has 0 saturated carbocycles. The number of rotatable bonds is 3. The van der Waals surface area contributed by atoms with Crippen LogP contribution in [-0.4, -0.2) is 43.0 Å². The summed E-state index contributed by atoms with van der Waals surface area (Å²) in [7, 11) is -3.43. The maximum atomic E-state index is 11.8. The van der Waals surface area contributed by atoms with Crippen LogP contribution < -0.4 is 5.32 Å². The van der Waals surface area contributed by atoms with E-state index in [2.05, 4.69) is 10.3 Å². The first-order chi connectivity index (χ1) is 7.02. The molecule has 0 aromatic carbocycles. The van der Waals surface area contributed by atoms with E-state index in [1.54, 1.807) is 6.07 Å². The van der Waals surface area contributed by atoms with Gasteiger partial charge in [0.05, 0.1) is 10.6 Å². The number of sulfone groups is 1. The first-order valence-corrected chi connectivity index (χ1v) is 6.23. The van der Waals surface area contributed by atoms with Crippen LogP contribution in [0.4, 0.5) is 0 Å². The highest BCUT2D eigenvalue weighted by Gasteiger charge is 2.39. The maximum absolute atomic E-state index is 11.8. The SMILES string of the molecule is O=S(=O)(CC1(O)CNC1)c1cccnc1. The molecule has 1 aliphatic heterocycles. The van der Waals surface area contributed by atoms with Gasteiger partial charge in [0.2, 0.25) is 0 Å². The zero-order valence-corrected chi connectivity index (χ0v) is 8.87. The number of nitrogens with one attached hydrogen (secondary N) is 1. The summed E-state index contributed by atoms with van der Waals surface area (Å²) in [6.07, 6.45) is 2.81. The molecule has 1 fully saturated rings. The molecule has 1 aliphatic rings. The number of pyridine rings is 1. The zero-order chi connectivity index (χ0) is 10.9. The molecule has 2 heterocycles. The standard InChI is InChI=1S/C9H12N2O3S/c12-9(5-11-6-9)7-15(13,14)8-2-1-3-10-4-8/h1-4,11-12H,5-7H2. The molecule has 15 heavy (non-hydrogen) atoms. The fraction of sp³-hybridized carbons (Fsp3) is 0.444. The Labute approximate surface area is 88.1 Å². The van der Waals surface area contributed by atoms with Crippen LogP contribution in [-0.2, 0) is 9.84 Å². The Morgan fingerprint density at radius 1 is 1.53 bits per heavy atom. The van der Waals surface area contributed by atoms with Crippen molar-refractivity contribution in [2.75, 3.05) is 18.8 Å². The third-order valence-corrected chi connectivity index (χ3v) is 4.24. The van der Waals surface area contributed by atoms with Gasteiger partial charge in [-0.25, -0.2) is 8.42 Å². The highest BCUT2D eigenvalue weighted by Crippen LogP contribution is 2.18. The van der Waals surface area contributed by atoms with E-state index in [-0.39, 0.29) is 10.6 Å². The van der Waals surface area contributed by atoms with Crippen molar-refractivity contribution in [3.05, 3.63) is 24.5 Å². The van der Waals surface area contributed by atoms with E-state index < -0.39 is 15.4 Å². The first kappa shape index (κ1) is 10.5. The van der Waals surface area contributed by atoms with Crippen LogP contribution in [0.3, 0.4) is 0 Å². The van der Waals surface area contributed by atoms with E-state index in [0.29, 0.717) is 13.1 Å². The van der Waals surface area contributed by atoms with Gasteiger partial charge >= 0.3 is 0 Å². The minimum atomic E-state index is -3.43. The topological polar surface area (TPSA) is 79.3 Å². The Kier molecular flexibility index (Phi) is 2.49. The van der Waals surface area contributed by atoms with Gasteiger partial charge in [-0.05, 0) is 12.1 Å². The highest BCUT2D eigenvalue weighted by atomic mass is 32.2. The number of nitrogens with zero attached hydrogens (tertiary/aromatic N) is 1. The molecule has 5 nitrogen and oxygen atoms in total. The van der Waals surface area contributed by atoms with Crippen molar-refractivity contribution in [1.29, 1.82) is 0 Å². The Balaban J connectivity index is 2.21. The lowest BCUT2D eigenvalue weighted by molar-refractivity contribution is 0.0120. The normalized spacial score (nSPS) is 19.5. The summed E-state index contributed by atoms with van der Waals surface area (Å²) in [6, 6.07) is 3.05. The van der Waals surface area contributed by atoms with Crippen LogP contribution in [0.15, 0.2) is 29.4 Å². The minimum absolute atomic E-state index is 0.158. The summed E-state index contributed by atoms with van der Waals surface area (Å²) >= 11 is 0. The van der Waals surface area contributed by atoms with Gasteiger partial charge in [0.15, 0.2) is 9.84 Å². The molecule has 0 bridgehead atoms. The maximum Gasteiger partial charge on any atom is 0.182 e. The van der Waals surface area contributed by atoms with E-state index in [4.69, 9.17) is 0 Å². The number of hydrogen-bond donors (Lipinski definition) is 2. The summed E-state index contributed by atoms with van der Waals surface area (Å²) in [5.74, 6) is -0.251. The summed E-state index contributed by atoms with van der Waals surface area (Å²) in [4.78, 5) is 3.91. The molecule has 82 valence electrons. The van der Waals surface area contributed by atoms with Crippen LogP contribution in [0.1, 0.15) is 0 Å². The largest absolute Gasteiger partial charge is 0.386 e. The number of aliphatic hydroxyl groups is 1. The highest BCUT2D eigenvalue weighted by molar-refractivity contribution is 7.91. The van der Waals surface area contributed by atoms with Crippen LogP contribution in [0, 0.1) is 0 Å². The zero-order valence-electron chi connectivity index (χ0n) is 8.05. The fourth-order valence-electron chi connectivity index (χ4n) is 1.48. The molecule has 1 aromatic heterocycles. The predicted molar refractivity (Wildman–Crippen MR) is 54.1 cm³/mol. The van der Waals surface area contributed by atoms with Gasteiger partial charge in [-0.15, -0.1) is 0 Å². The van der Waals surface area contributed by atoms with Gasteiger partial charge in [0.1, 0.15) is 5.60 Å². The van der Waals surface area contributed by atoms with Gasteiger partial charge in [-0.2, -0.15) is 0 Å². The van der Waals surface area contributed by atoms with Crippen LogP contribution >= 0.6 is 0 Å². The van der Waals surface area contributed by atoms with Crippen molar-refractivity contribution in [1.82, 2.24) is 10.3 Å². The molecular formula is C9H12N2O3S. The molecule has 2 N–H and O–H groups in total. The summed E-state index contributed by atoms with van der Waals surface area (Å²) in [6.45, 7) is 0.652. The fourth-order valence-corrected chi connectivity index (χ4v) is 3.07. The Morgan fingerprint density at radius 3 is 2.73 bits per heavy atom. The first-order valence-electron chi connectivity index (χ1n) is 4.58. The molecule has 0 unspecified atom stereocenters. The van der Waals surface area contributed by atoms with Gasteiger partial charge in [0.25, 0.3) is 0 Å². The average Bonchev–Trinajstić information content (AvgIpc) is 2.16. The second kappa shape index (κ2) is 3.55. The number of hydrogen-bond acceptors (Lipinski definition) is 5. The van der Waals surface area contributed by atoms with E-state index in [1.165, 1.54) is 18.5 Å². The second-order valence-corrected chi connectivity index (χ2v) is 5.77. The van der Waals surface area contributed by atoms with Gasteiger partial charge in [-0.3, -0.25) is 4.98 Å². The molecule has 0 atom stereocenters. The minimum Gasteiger partial charge on any atom is -0.386 e. The molecule has 0 amide bonds. The van der Waals surface area contributed by atoms with E-state index in [9.17, 15) is 13.5 Å². The Hall–Kier alpha value is -0.980. The number of β-amino-alcohol motifs (C(OH)–C–C–N with tert-alkyl or cyclic N) is 1. The smallest absolute Gasteiger partial charge is 0.182 e. The molecule has 6 heteroatoms. The molecular weight excluding hydrogens is 216 g/mol. The van der Waals surface area contributed by atoms with Crippen LogP contribution in [0.2, 0.25) is 0 Å². The van der Waals surface area contributed by atoms with Crippen LogP contribution in [0.5, 0.6) is 0 Å². The van der Waals surface area contributed by atoms with E-state index in [0.717, 1.165) is 0 Å². The summed E-state index contributed by atoms with van der Waals surface area (Å²) < 4.78 is 23.6. The molecule has 0 radical (unpaired) electrons. The van der Waals surface area contributed by atoms with Gasteiger partial charge < -0.3 is 10.4 Å². The number of aromatic nitrogens is 1. The van der Waals surface area contributed by atoms with Crippen molar-refractivity contribution in [3.63, 3.8) is 0 Å². The lowest BCUT2D eigenvalue weighted by Crippen LogP contribution is -2.62. The monoisotopic (exact) mass is 228 g/mol. The molecule has 1 saturated heterocycles. The van der Waals surface area contributed by atoms with E-state index in [1.807, 2.05) is 0 Å². The van der Waals surface area contributed by atoms with Gasteiger partial charge in [-0.1, -0.05) is 0 Å². The Morgan fingerprint density at radius 2 is 2.27 bits per heavy atom. The van der Waals surface area contributed by atoms with Crippen molar-refractivity contribution in [2.24, 2.45) is 0 Å². The van der Waals surface area contributed by atoms with Crippen LogP contribution in [0.25, 0.3) is 0 Å². The summed E-state index contributed by atoms with van der Waals surface area (Å²) in [5, 5.41) is 12.6. The summed E-state index contributed by atoms with van der Waals surface area (Å²) in [5.41, 5.74) is -1.12. The van der Waals surface area contributed by atoms with E-state index >= 15 is 0 Å². The molecule has 1 aromatic rings. The quantitative estimate of drug-likeness (QED) is 0.707.